The van der Waals surface area contributed by atoms with Crippen LogP contribution in [0, 0.1) is 6.57 Å². The van der Waals surface area contributed by atoms with Crippen molar-refractivity contribution >= 4 is 21.5 Å². The predicted octanol–water partition coefficient (Wildman–Crippen LogP) is 1.59. The van der Waals surface area contributed by atoms with Gasteiger partial charge in [-0.05, 0) is 0 Å². The van der Waals surface area contributed by atoms with Crippen LogP contribution in [0.3, 0.4) is 0 Å². The summed E-state index contributed by atoms with van der Waals surface area (Å²) in [5.41, 5.74) is 0.120. The number of Topliss-reactive ketones (excluding diaryl/α,β-unsaturated/α-hetero) is 1. The Kier molecular flexibility index (Phi) is 3.45. The van der Waals surface area contributed by atoms with E-state index in [9.17, 15) is 13.2 Å². The molecule has 0 aliphatic carbocycles. The van der Waals surface area contributed by atoms with Gasteiger partial charge in [0.2, 0.25) is 15.7 Å². The van der Waals surface area contributed by atoms with Crippen LogP contribution in [0.25, 0.3) is 4.85 Å². The Morgan fingerprint density at radius 3 is 2.39 bits per heavy atom. The van der Waals surface area contributed by atoms with Gasteiger partial charge >= 0.3 is 0 Å². The van der Waals surface area contributed by atoms with E-state index in [1.165, 1.54) is 16.4 Å². The van der Waals surface area contributed by atoms with Gasteiger partial charge in [0.1, 0.15) is 5.78 Å². The molecule has 1 saturated heterocycles. The lowest BCUT2D eigenvalue weighted by molar-refractivity contribution is -0.120. The quantitative estimate of drug-likeness (QED) is 0.762. The molecule has 94 valence electrons. The second kappa shape index (κ2) is 4.88. The molecule has 18 heavy (non-hydrogen) atoms. The van der Waals surface area contributed by atoms with E-state index in [1.807, 2.05) is 0 Å². The summed E-state index contributed by atoms with van der Waals surface area (Å²) in [5.74, 6) is 0.0833. The van der Waals surface area contributed by atoms with Gasteiger partial charge in [-0.25, -0.2) is 13.3 Å². The molecule has 6 heteroatoms. The molecule has 0 aromatic heterocycles. The van der Waals surface area contributed by atoms with Crippen molar-refractivity contribution in [2.75, 3.05) is 13.1 Å². The Bertz CT molecular complexity index is 606. The minimum atomic E-state index is -3.66. The monoisotopic (exact) mass is 264 g/mol. The van der Waals surface area contributed by atoms with Crippen LogP contribution in [0.15, 0.2) is 29.2 Å². The molecule has 5 nitrogen and oxygen atoms in total. The zero-order valence-electron chi connectivity index (χ0n) is 9.67. The molecule has 1 fully saturated rings. The third kappa shape index (κ3) is 2.28. The molecule has 2 rings (SSSR count). The van der Waals surface area contributed by atoms with E-state index < -0.39 is 10.0 Å². The van der Waals surface area contributed by atoms with Crippen LogP contribution in [0.4, 0.5) is 5.69 Å². The van der Waals surface area contributed by atoms with Crippen molar-refractivity contribution in [2.24, 2.45) is 0 Å². The average Bonchev–Trinajstić information content (AvgIpc) is 2.39. The first-order valence-corrected chi connectivity index (χ1v) is 6.98. The average molecular weight is 264 g/mol. The van der Waals surface area contributed by atoms with Crippen molar-refractivity contribution in [1.82, 2.24) is 4.31 Å². The molecule has 1 aromatic rings. The van der Waals surface area contributed by atoms with Gasteiger partial charge in [-0.15, -0.1) is 0 Å². The van der Waals surface area contributed by atoms with E-state index in [-0.39, 0.29) is 42.3 Å². The van der Waals surface area contributed by atoms with Crippen LogP contribution >= 0.6 is 0 Å². The van der Waals surface area contributed by atoms with Crippen LogP contribution in [0.1, 0.15) is 12.8 Å². The first-order valence-electron chi connectivity index (χ1n) is 5.54. The van der Waals surface area contributed by atoms with Gasteiger partial charge in [0.05, 0.1) is 11.5 Å². The Hall–Kier alpha value is -1.71. The molecule has 0 N–H and O–H groups in total. The first kappa shape index (κ1) is 12.7. The summed E-state index contributed by atoms with van der Waals surface area (Å²) in [5, 5.41) is 0. The molecule has 1 aliphatic rings. The highest BCUT2D eigenvalue weighted by molar-refractivity contribution is 7.89. The lowest BCUT2D eigenvalue weighted by Gasteiger charge is -2.25. The van der Waals surface area contributed by atoms with Crippen LogP contribution in [0.2, 0.25) is 0 Å². The number of rotatable bonds is 2. The van der Waals surface area contributed by atoms with E-state index in [0.717, 1.165) is 0 Å². The van der Waals surface area contributed by atoms with Gasteiger partial charge in [-0.2, -0.15) is 4.31 Å². The number of benzene rings is 1. The van der Waals surface area contributed by atoms with Crippen molar-refractivity contribution in [3.63, 3.8) is 0 Å². The molecule has 0 spiro atoms. The van der Waals surface area contributed by atoms with E-state index in [1.54, 1.807) is 12.1 Å². The number of piperidine rings is 1. The molecule has 1 aromatic carbocycles. The van der Waals surface area contributed by atoms with Gasteiger partial charge in [0, 0.05) is 25.9 Å². The maximum absolute atomic E-state index is 12.3. The van der Waals surface area contributed by atoms with E-state index in [2.05, 4.69) is 4.85 Å². The molecular weight excluding hydrogens is 252 g/mol. The normalized spacial score (nSPS) is 17.4. The predicted molar refractivity (Wildman–Crippen MR) is 65.7 cm³/mol. The standard InChI is InChI=1S/C12H12N2O3S/c1-13-11-4-2-3-5-12(11)18(16,17)14-8-6-10(15)7-9-14/h2-5H,6-9H2. The fourth-order valence-electron chi connectivity index (χ4n) is 1.88. The summed E-state index contributed by atoms with van der Waals surface area (Å²) in [6.45, 7) is 7.40. The van der Waals surface area contributed by atoms with Crippen LogP contribution in [-0.4, -0.2) is 31.6 Å². The number of hydrogen-bond acceptors (Lipinski definition) is 3. The second-order valence-electron chi connectivity index (χ2n) is 4.02. The summed E-state index contributed by atoms with van der Waals surface area (Å²) in [7, 11) is -3.66. The van der Waals surface area contributed by atoms with Crippen molar-refractivity contribution in [2.45, 2.75) is 17.7 Å². The smallest absolute Gasteiger partial charge is 0.233 e. The Morgan fingerprint density at radius 2 is 1.78 bits per heavy atom. The molecule has 0 saturated carbocycles. The topological polar surface area (TPSA) is 58.8 Å². The van der Waals surface area contributed by atoms with Gasteiger partial charge < -0.3 is 0 Å². The highest BCUT2D eigenvalue weighted by atomic mass is 32.2. The summed E-state index contributed by atoms with van der Waals surface area (Å²) in [4.78, 5) is 14.4. The largest absolute Gasteiger partial charge is 0.300 e. The SMILES string of the molecule is [C-]#[N+]c1ccccc1S(=O)(=O)N1CCC(=O)CC1. The molecule has 1 heterocycles. The maximum atomic E-state index is 12.3. The molecule has 0 radical (unpaired) electrons. The number of ketones is 1. The number of sulfonamides is 1. The van der Waals surface area contributed by atoms with Gasteiger partial charge in [-0.1, -0.05) is 24.3 Å². The minimum absolute atomic E-state index is 0.0225. The Labute approximate surface area is 106 Å². The third-order valence-electron chi connectivity index (χ3n) is 2.88. The number of hydrogen-bond donors (Lipinski definition) is 0. The highest BCUT2D eigenvalue weighted by Crippen LogP contribution is 2.27. The minimum Gasteiger partial charge on any atom is -0.300 e. The van der Waals surface area contributed by atoms with Gasteiger partial charge in [0.25, 0.3) is 0 Å². The number of carbonyl (C=O) groups is 1. The van der Waals surface area contributed by atoms with E-state index in [4.69, 9.17) is 6.57 Å². The molecule has 0 unspecified atom stereocenters. The van der Waals surface area contributed by atoms with Crippen LogP contribution < -0.4 is 0 Å². The third-order valence-corrected chi connectivity index (χ3v) is 4.83. The van der Waals surface area contributed by atoms with E-state index >= 15 is 0 Å². The maximum Gasteiger partial charge on any atom is 0.233 e. The highest BCUT2D eigenvalue weighted by Gasteiger charge is 2.29. The summed E-state index contributed by atoms with van der Waals surface area (Å²) in [6, 6.07) is 6.14. The molecule has 0 amide bonds. The van der Waals surface area contributed by atoms with Crippen molar-refractivity contribution in [1.29, 1.82) is 0 Å². The fourth-order valence-corrected chi connectivity index (χ4v) is 3.45. The number of nitrogens with zero attached hydrogens (tertiary/aromatic N) is 2. The van der Waals surface area contributed by atoms with Gasteiger partial charge in [-0.3, -0.25) is 4.79 Å². The lowest BCUT2D eigenvalue weighted by Crippen LogP contribution is -2.38. The second-order valence-corrected chi connectivity index (χ2v) is 5.93. The zero-order valence-corrected chi connectivity index (χ0v) is 10.5. The summed E-state index contributed by atoms with van der Waals surface area (Å²) >= 11 is 0. The Morgan fingerprint density at radius 1 is 1.17 bits per heavy atom. The fraction of sp³-hybridized carbons (Fsp3) is 0.333. The molecular formula is C12H12N2O3S. The zero-order chi connectivity index (χ0) is 13.2. The lowest BCUT2D eigenvalue weighted by atomic mass is 10.1. The van der Waals surface area contributed by atoms with Crippen molar-refractivity contribution in [3.05, 3.63) is 35.7 Å². The number of carbonyl (C=O) groups excluding carboxylic acids is 1. The molecule has 0 atom stereocenters. The summed E-state index contributed by atoms with van der Waals surface area (Å²) < 4.78 is 26.0. The first-order chi connectivity index (χ1) is 8.55. The molecule has 0 bridgehead atoms. The van der Waals surface area contributed by atoms with Gasteiger partial charge in [0.15, 0.2) is 0 Å². The van der Waals surface area contributed by atoms with E-state index in [0.29, 0.717) is 0 Å². The van der Waals surface area contributed by atoms with Crippen LogP contribution in [0.5, 0.6) is 0 Å². The Balaban J connectivity index is 2.37. The van der Waals surface area contributed by atoms with Crippen molar-refractivity contribution in [3.8, 4) is 0 Å². The van der Waals surface area contributed by atoms with Crippen LogP contribution in [-0.2, 0) is 14.8 Å². The summed E-state index contributed by atoms with van der Waals surface area (Å²) in [6.07, 6.45) is 0.499. The molecule has 1 aliphatic heterocycles. The number of para-hydroxylation sites is 1. The van der Waals surface area contributed by atoms with Crippen molar-refractivity contribution < 1.29 is 13.2 Å².